The van der Waals surface area contributed by atoms with E-state index in [2.05, 4.69) is 21.0 Å². The van der Waals surface area contributed by atoms with Crippen molar-refractivity contribution in [3.05, 3.63) is 107 Å². The van der Waals surface area contributed by atoms with Crippen molar-refractivity contribution in [1.82, 2.24) is 9.66 Å². The highest BCUT2D eigenvalue weighted by Crippen LogP contribution is 2.35. The number of nitro benzene ring substituents is 1. The number of hydrogen-bond acceptors (Lipinski definition) is 7. The number of aromatic carboxylic acids is 1. The third kappa shape index (κ3) is 6.31. The van der Waals surface area contributed by atoms with E-state index in [4.69, 9.17) is 26.4 Å². The normalized spacial score (nSPS) is 14.0. The monoisotopic (exact) mass is 638 g/mol. The van der Waals surface area contributed by atoms with Gasteiger partial charge in [0, 0.05) is 27.0 Å². The van der Waals surface area contributed by atoms with Crippen LogP contribution in [0.25, 0.3) is 10.9 Å². The molecule has 12 heteroatoms. The van der Waals surface area contributed by atoms with Crippen molar-refractivity contribution in [3.8, 4) is 5.75 Å². The molecule has 3 aromatic carbocycles. The van der Waals surface area contributed by atoms with E-state index in [-0.39, 0.29) is 45.7 Å². The van der Waals surface area contributed by atoms with Crippen molar-refractivity contribution in [2.45, 2.75) is 44.6 Å². The van der Waals surface area contributed by atoms with Gasteiger partial charge in [-0.05, 0) is 54.8 Å². The summed E-state index contributed by atoms with van der Waals surface area (Å²) >= 11 is 9.64. The summed E-state index contributed by atoms with van der Waals surface area (Å²) in [6.07, 6.45) is 6.24. The van der Waals surface area contributed by atoms with Gasteiger partial charge in [0.05, 0.1) is 27.6 Å². The number of carboxylic acid groups (broad SMARTS) is 1. The van der Waals surface area contributed by atoms with Gasteiger partial charge in [-0.2, -0.15) is 9.78 Å². The van der Waals surface area contributed by atoms with Gasteiger partial charge in [0.25, 0.3) is 5.56 Å². The van der Waals surface area contributed by atoms with Crippen LogP contribution in [0.2, 0.25) is 5.02 Å². The second-order valence-corrected chi connectivity index (χ2v) is 11.1. The topological polar surface area (TPSA) is 137 Å². The zero-order valence-electron chi connectivity index (χ0n) is 21.6. The Kier molecular flexibility index (Phi) is 8.46. The van der Waals surface area contributed by atoms with Crippen molar-refractivity contribution in [1.29, 1.82) is 0 Å². The molecule has 5 rings (SSSR count). The second-order valence-electron chi connectivity index (χ2n) is 9.72. The van der Waals surface area contributed by atoms with E-state index in [0.29, 0.717) is 22.3 Å². The summed E-state index contributed by atoms with van der Waals surface area (Å²) in [5, 5.41) is 26.0. The smallest absolute Gasteiger partial charge is 0.335 e. The summed E-state index contributed by atoms with van der Waals surface area (Å²) in [4.78, 5) is 40.9. The van der Waals surface area contributed by atoms with Crippen molar-refractivity contribution in [2.75, 3.05) is 0 Å². The number of hydrogen-bond donors (Lipinski definition) is 1. The van der Waals surface area contributed by atoms with E-state index in [0.717, 1.165) is 36.6 Å². The van der Waals surface area contributed by atoms with Crippen LogP contribution in [0.1, 0.15) is 65.3 Å². The molecular weight excluding hydrogens is 616 g/mol. The average molecular weight is 640 g/mol. The summed E-state index contributed by atoms with van der Waals surface area (Å²) in [7, 11) is 0. The molecule has 1 aliphatic rings. The minimum Gasteiger partial charge on any atom is -0.481 e. The van der Waals surface area contributed by atoms with Crippen LogP contribution >= 0.6 is 27.5 Å². The van der Waals surface area contributed by atoms with Crippen LogP contribution in [0.4, 0.5) is 5.69 Å². The molecule has 1 fully saturated rings. The third-order valence-electron chi connectivity index (χ3n) is 6.96. The number of benzene rings is 3. The zero-order valence-corrected chi connectivity index (χ0v) is 24.0. The van der Waals surface area contributed by atoms with Crippen molar-refractivity contribution >= 4 is 56.3 Å². The Hall–Kier alpha value is -4.09. The molecule has 4 aromatic rings. The SMILES string of the molecule is O=C(O)c1ccc(COc2c(C=Nn3c(C4CCCCC4)nc4ccc(Br)cc4c3=O)cc(Cl)cc2[N+](=O)[O-])cc1. The van der Waals surface area contributed by atoms with Crippen LogP contribution < -0.4 is 10.3 Å². The quantitative estimate of drug-likeness (QED) is 0.125. The summed E-state index contributed by atoms with van der Waals surface area (Å²) in [5.41, 5.74) is 0.743. The molecule has 10 nitrogen and oxygen atoms in total. The Morgan fingerprint density at radius 3 is 2.59 bits per heavy atom. The lowest BCUT2D eigenvalue weighted by atomic mass is 9.88. The average Bonchev–Trinajstić information content (AvgIpc) is 2.96. The number of carbonyl (C=O) groups is 1. The van der Waals surface area contributed by atoms with E-state index < -0.39 is 10.9 Å². The largest absolute Gasteiger partial charge is 0.481 e. The molecule has 1 heterocycles. The molecule has 1 aliphatic carbocycles. The molecule has 1 aromatic heterocycles. The molecule has 0 saturated heterocycles. The number of halogens is 2. The number of aromatic nitrogens is 2. The first-order valence-electron chi connectivity index (χ1n) is 12.9. The first-order chi connectivity index (χ1) is 19.7. The molecule has 41 heavy (non-hydrogen) atoms. The van der Waals surface area contributed by atoms with Crippen LogP contribution in [0.15, 0.2) is 69.0 Å². The Labute approximate surface area is 247 Å². The van der Waals surface area contributed by atoms with Crippen LogP contribution in [-0.4, -0.2) is 31.9 Å². The summed E-state index contributed by atoms with van der Waals surface area (Å²) < 4.78 is 7.87. The first-order valence-corrected chi connectivity index (χ1v) is 14.1. The van der Waals surface area contributed by atoms with Gasteiger partial charge in [-0.3, -0.25) is 14.9 Å². The minimum atomic E-state index is -1.07. The lowest BCUT2D eigenvalue weighted by Crippen LogP contribution is -2.25. The number of ether oxygens (including phenoxy) is 1. The summed E-state index contributed by atoms with van der Waals surface area (Å²) in [6.45, 7) is -0.0813. The standard InChI is InChI=1S/C29H24BrClN4O6/c30-21-10-11-24-23(13-21)28(36)34(27(33-24)18-4-2-1-3-5-18)32-15-20-12-22(31)14-25(35(39)40)26(20)41-16-17-6-8-19(9-7-17)29(37)38/h6-15,18H,1-5,16H2,(H,37,38). The Bertz CT molecular complexity index is 1730. The van der Waals surface area contributed by atoms with Crippen LogP contribution in [0.3, 0.4) is 0 Å². The molecule has 0 aliphatic heterocycles. The maximum atomic E-state index is 13.7. The van der Waals surface area contributed by atoms with E-state index in [1.807, 2.05) is 6.07 Å². The first kappa shape index (κ1) is 28.4. The van der Waals surface area contributed by atoms with Gasteiger partial charge < -0.3 is 9.84 Å². The van der Waals surface area contributed by atoms with E-state index in [1.165, 1.54) is 35.2 Å². The highest BCUT2D eigenvalue weighted by molar-refractivity contribution is 9.10. The van der Waals surface area contributed by atoms with Crippen molar-refractivity contribution < 1.29 is 19.6 Å². The van der Waals surface area contributed by atoms with Gasteiger partial charge in [0.15, 0.2) is 0 Å². The molecule has 0 amide bonds. The van der Waals surface area contributed by atoms with E-state index >= 15 is 0 Å². The molecule has 1 N–H and O–H groups in total. The number of nitro groups is 1. The zero-order chi connectivity index (χ0) is 29.1. The van der Waals surface area contributed by atoms with Gasteiger partial charge in [0.1, 0.15) is 12.4 Å². The maximum absolute atomic E-state index is 13.7. The maximum Gasteiger partial charge on any atom is 0.335 e. The lowest BCUT2D eigenvalue weighted by molar-refractivity contribution is -0.385. The van der Waals surface area contributed by atoms with Gasteiger partial charge in [0.2, 0.25) is 5.75 Å². The van der Waals surface area contributed by atoms with E-state index in [1.54, 1.807) is 24.3 Å². The molecule has 0 atom stereocenters. The predicted molar refractivity (Wildman–Crippen MR) is 158 cm³/mol. The minimum absolute atomic E-state index is 0.0415. The van der Waals surface area contributed by atoms with Crippen molar-refractivity contribution in [3.63, 3.8) is 0 Å². The predicted octanol–water partition coefficient (Wildman–Crippen LogP) is 6.93. The highest BCUT2D eigenvalue weighted by Gasteiger charge is 2.24. The van der Waals surface area contributed by atoms with Gasteiger partial charge in [-0.25, -0.2) is 9.78 Å². The number of rotatable bonds is 8. The fourth-order valence-corrected chi connectivity index (χ4v) is 5.49. The highest BCUT2D eigenvalue weighted by atomic mass is 79.9. The molecule has 0 radical (unpaired) electrons. The Morgan fingerprint density at radius 1 is 1.17 bits per heavy atom. The number of nitrogens with zero attached hydrogens (tertiary/aromatic N) is 4. The Balaban J connectivity index is 1.58. The summed E-state index contributed by atoms with van der Waals surface area (Å²) in [5.74, 6) is -0.574. The lowest BCUT2D eigenvalue weighted by Gasteiger charge is -2.22. The fraction of sp³-hybridized carbons (Fsp3) is 0.241. The summed E-state index contributed by atoms with van der Waals surface area (Å²) in [6, 6.07) is 13.9. The second kappa shape index (κ2) is 12.2. The van der Waals surface area contributed by atoms with Crippen LogP contribution in [0.5, 0.6) is 5.75 Å². The van der Waals surface area contributed by atoms with Gasteiger partial charge in [-0.15, -0.1) is 0 Å². The molecular formula is C29H24BrClN4O6. The fourth-order valence-electron chi connectivity index (χ4n) is 4.91. The molecule has 0 spiro atoms. The van der Waals surface area contributed by atoms with Gasteiger partial charge in [-0.1, -0.05) is 58.9 Å². The molecule has 0 bridgehead atoms. The van der Waals surface area contributed by atoms with Crippen LogP contribution in [-0.2, 0) is 6.61 Å². The van der Waals surface area contributed by atoms with Crippen LogP contribution in [0, 0.1) is 10.1 Å². The number of fused-ring (bicyclic) bond motifs is 1. The van der Waals surface area contributed by atoms with Gasteiger partial charge >= 0.3 is 11.7 Å². The molecule has 210 valence electrons. The van der Waals surface area contributed by atoms with Crippen molar-refractivity contribution in [2.24, 2.45) is 5.10 Å². The number of carboxylic acids is 1. The Morgan fingerprint density at radius 2 is 1.90 bits per heavy atom. The third-order valence-corrected chi connectivity index (χ3v) is 7.67. The molecule has 0 unspecified atom stereocenters. The molecule has 1 saturated carbocycles. The van der Waals surface area contributed by atoms with E-state index in [9.17, 15) is 19.7 Å².